The topological polar surface area (TPSA) is 154 Å². The fourth-order valence-corrected chi connectivity index (χ4v) is 5.08. The molecular formula is C21H29BrN10. The summed E-state index contributed by atoms with van der Waals surface area (Å²) in [7, 11) is 0. The van der Waals surface area contributed by atoms with Crippen LogP contribution in [0.4, 0.5) is 11.9 Å². The number of fused-ring (bicyclic) bond motifs is 1. The van der Waals surface area contributed by atoms with E-state index in [1.54, 1.807) is 0 Å². The molecule has 3 aromatic rings. The first-order valence-electron chi connectivity index (χ1n) is 10.9. The van der Waals surface area contributed by atoms with E-state index < -0.39 is 0 Å². The van der Waals surface area contributed by atoms with Crippen LogP contribution in [0.25, 0.3) is 16.9 Å². The van der Waals surface area contributed by atoms with Crippen LogP contribution in [0.15, 0.2) is 34.9 Å². The van der Waals surface area contributed by atoms with Gasteiger partial charge in [-0.2, -0.15) is 15.0 Å². The van der Waals surface area contributed by atoms with Crippen molar-refractivity contribution >= 4 is 38.7 Å². The number of benzene rings is 1. The number of anilines is 2. The zero-order valence-corrected chi connectivity index (χ0v) is 19.4. The van der Waals surface area contributed by atoms with Crippen LogP contribution in [0.2, 0.25) is 0 Å². The average Bonchev–Trinajstić information content (AvgIpc) is 3.15. The number of rotatable bonds is 3. The Morgan fingerprint density at radius 2 is 1.22 bits per heavy atom. The summed E-state index contributed by atoms with van der Waals surface area (Å²) in [4.78, 5) is 18.6. The molecule has 2 aliphatic rings. The second kappa shape index (κ2) is 8.56. The molecule has 0 amide bonds. The summed E-state index contributed by atoms with van der Waals surface area (Å²) in [6, 6.07) is 8.07. The third-order valence-corrected chi connectivity index (χ3v) is 6.56. The van der Waals surface area contributed by atoms with Gasteiger partial charge in [-0.1, -0.05) is 15.9 Å². The molecule has 0 saturated carbocycles. The van der Waals surface area contributed by atoms with Crippen molar-refractivity contribution in [1.29, 1.82) is 0 Å². The van der Waals surface area contributed by atoms with Crippen molar-refractivity contribution in [2.75, 3.05) is 36.0 Å². The third kappa shape index (κ3) is 4.30. The summed E-state index contributed by atoms with van der Waals surface area (Å²) in [6.07, 6.45) is 3.55. The summed E-state index contributed by atoms with van der Waals surface area (Å²) < 4.78 is 3.00. The van der Waals surface area contributed by atoms with Gasteiger partial charge in [0.05, 0.1) is 5.52 Å². The molecular weight excluding hydrogens is 472 g/mol. The maximum absolute atomic E-state index is 6.25. The maximum Gasteiger partial charge on any atom is 0.240 e. The van der Waals surface area contributed by atoms with Gasteiger partial charge < -0.3 is 32.7 Å². The first-order chi connectivity index (χ1) is 15.4. The number of nitrogens with two attached hydrogens (primary N) is 4. The van der Waals surface area contributed by atoms with Crippen molar-refractivity contribution in [3.63, 3.8) is 0 Å². The Labute approximate surface area is 195 Å². The lowest BCUT2D eigenvalue weighted by molar-refractivity contribution is 0.440. The zero-order valence-electron chi connectivity index (χ0n) is 17.8. The molecule has 2 aromatic heterocycles. The highest BCUT2D eigenvalue weighted by molar-refractivity contribution is 9.10. The molecule has 2 saturated heterocycles. The minimum Gasteiger partial charge on any atom is -0.338 e. The van der Waals surface area contributed by atoms with Crippen LogP contribution in [-0.2, 0) is 0 Å². The predicted molar refractivity (Wildman–Crippen MR) is 130 cm³/mol. The molecule has 0 radical (unpaired) electrons. The van der Waals surface area contributed by atoms with Crippen molar-refractivity contribution < 1.29 is 0 Å². The first-order valence-corrected chi connectivity index (χ1v) is 11.7. The van der Waals surface area contributed by atoms with Crippen molar-refractivity contribution in [3.8, 4) is 5.95 Å². The average molecular weight is 501 g/mol. The van der Waals surface area contributed by atoms with Crippen LogP contribution in [0, 0.1) is 0 Å². The van der Waals surface area contributed by atoms with Gasteiger partial charge >= 0.3 is 0 Å². The van der Waals surface area contributed by atoms with E-state index in [0.29, 0.717) is 44.0 Å². The van der Waals surface area contributed by atoms with E-state index in [9.17, 15) is 0 Å². The highest BCUT2D eigenvalue weighted by Crippen LogP contribution is 2.26. The van der Waals surface area contributed by atoms with Crippen molar-refractivity contribution in [2.45, 2.75) is 37.0 Å². The quantitative estimate of drug-likeness (QED) is 0.397. The summed E-state index contributed by atoms with van der Waals surface area (Å²) in [5, 5.41) is 1.09. The summed E-state index contributed by atoms with van der Waals surface area (Å²) >= 11 is 3.54. The molecule has 2 fully saturated rings. The van der Waals surface area contributed by atoms with E-state index in [2.05, 4.69) is 31.8 Å². The van der Waals surface area contributed by atoms with Gasteiger partial charge in [0.2, 0.25) is 17.8 Å². The fourth-order valence-electron chi connectivity index (χ4n) is 4.71. The van der Waals surface area contributed by atoms with Crippen molar-refractivity contribution in [2.24, 2.45) is 22.9 Å². The SMILES string of the molecule is N[C@@H]1C[C@H](N)CN(c2nc(N3C[C@H](N)C[C@H](N)C3)nc(-n3ccc4cc(Br)ccc43)n2)C1. The summed E-state index contributed by atoms with van der Waals surface area (Å²) in [6.45, 7) is 2.59. The monoisotopic (exact) mass is 500 g/mol. The minimum atomic E-state index is -0.0241. The fraction of sp³-hybridized carbons (Fsp3) is 0.476. The predicted octanol–water partition coefficient (Wildman–Crippen LogP) is 0.307. The molecule has 10 nitrogen and oxygen atoms in total. The largest absolute Gasteiger partial charge is 0.338 e. The molecule has 4 atom stereocenters. The van der Waals surface area contributed by atoms with Gasteiger partial charge in [0.1, 0.15) is 0 Å². The summed E-state index contributed by atoms with van der Waals surface area (Å²) in [5.41, 5.74) is 26.0. The second-order valence-corrected chi connectivity index (χ2v) is 9.86. The lowest BCUT2D eigenvalue weighted by Crippen LogP contribution is -2.54. The normalized spacial score (nSPS) is 26.7. The molecule has 5 rings (SSSR count). The van der Waals surface area contributed by atoms with E-state index >= 15 is 0 Å². The van der Waals surface area contributed by atoms with Crippen molar-refractivity contribution in [1.82, 2.24) is 19.5 Å². The van der Waals surface area contributed by atoms with E-state index in [1.165, 1.54) is 0 Å². The molecule has 0 bridgehead atoms. The van der Waals surface area contributed by atoms with Gasteiger partial charge in [0, 0.05) is 66.4 Å². The standard InChI is InChI=1S/C21H29BrN10/c22-13-1-2-18-12(5-13)3-4-32(18)21-28-19(30-8-14(23)6-15(24)9-30)27-20(29-21)31-10-16(25)7-17(26)11-31/h1-5,14-17H,6-11,23-26H2/t14-,15+,16-,17+. The molecule has 2 aliphatic heterocycles. The number of aromatic nitrogens is 4. The van der Waals surface area contributed by atoms with E-state index in [1.807, 2.05) is 29.0 Å². The number of halogens is 1. The Hall–Kier alpha value is -2.31. The van der Waals surface area contributed by atoms with Gasteiger partial charge in [-0.25, -0.2) is 0 Å². The number of piperidine rings is 2. The molecule has 0 aliphatic carbocycles. The number of hydrogen-bond donors (Lipinski definition) is 4. The number of nitrogens with zero attached hydrogens (tertiary/aromatic N) is 6. The molecule has 1 aromatic carbocycles. The van der Waals surface area contributed by atoms with Gasteiger partial charge in [-0.3, -0.25) is 4.57 Å². The molecule has 32 heavy (non-hydrogen) atoms. The Bertz CT molecular complexity index is 1050. The summed E-state index contributed by atoms with van der Waals surface area (Å²) in [5.74, 6) is 1.69. The Morgan fingerprint density at radius 3 is 1.75 bits per heavy atom. The van der Waals surface area contributed by atoms with E-state index in [4.69, 9.17) is 37.9 Å². The molecule has 4 heterocycles. The van der Waals surface area contributed by atoms with Gasteiger partial charge in [-0.05, 0) is 37.1 Å². The molecule has 0 spiro atoms. The Balaban J connectivity index is 1.60. The first kappa shape index (κ1) is 21.5. The highest BCUT2D eigenvalue weighted by Gasteiger charge is 2.29. The Kier molecular flexibility index (Phi) is 5.76. The van der Waals surface area contributed by atoms with Crippen molar-refractivity contribution in [3.05, 3.63) is 34.9 Å². The smallest absolute Gasteiger partial charge is 0.240 e. The Morgan fingerprint density at radius 1 is 0.719 bits per heavy atom. The van der Waals surface area contributed by atoms with Crippen LogP contribution >= 0.6 is 15.9 Å². The number of hydrogen-bond acceptors (Lipinski definition) is 9. The molecule has 8 N–H and O–H groups in total. The maximum atomic E-state index is 6.25. The van der Waals surface area contributed by atoms with Gasteiger partial charge in [0.15, 0.2) is 0 Å². The second-order valence-electron chi connectivity index (χ2n) is 8.95. The zero-order chi connectivity index (χ0) is 22.4. The van der Waals surface area contributed by atoms with Crippen LogP contribution < -0.4 is 32.7 Å². The lowest BCUT2D eigenvalue weighted by Gasteiger charge is -2.37. The van der Waals surface area contributed by atoms with Crippen LogP contribution in [0.3, 0.4) is 0 Å². The van der Waals surface area contributed by atoms with Gasteiger partial charge in [-0.15, -0.1) is 0 Å². The van der Waals surface area contributed by atoms with Crippen LogP contribution in [-0.4, -0.2) is 69.9 Å². The molecule has 0 unspecified atom stereocenters. The van der Waals surface area contributed by atoms with Crippen LogP contribution in [0.5, 0.6) is 0 Å². The van der Waals surface area contributed by atoms with Crippen LogP contribution in [0.1, 0.15) is 12.8 Å². The highest BCUT2D eigenvalue weighted by atomic mass is 79.9. The van der Waals surface area contributed by atoms with Gasteiger partial charge in [0.25, 0.3) is 0 Å². The minimum absolute atomic E-state index is 0.0241. The molecule has 11 heteroatoms. The third-order valence-electron chi connectivity index (χ3n) is 6.06. The van der Waals surface area contributed by atoms with E-state index in [-0.39, 0.29) is 24.2 Å². The van der Waals surface area contributed by atoms with E-state index in [0.717, 1.165) is 28.2 Å². The molecule has 170 valence electrons. The lowest BCUT2D eigenvalue weighted by atomic mass is 10.0.